The van der Waals surface area contributed by atoms with Crippen molar-refractivity contribution < 1.29 is 9.59 Å². The summed E-state index contributed by atoms with van der Waals surface area (Å²) in [5, 5.41) is 2.78. The second kappa shape index (κ2) is 4.90. The molecule has 2 atom stereocenters. The summed E-state index contributed by atoms with van der Waals surface area (Å²) in [5.74, 6) is 0.346. The lowest BCUT2D eigenvalue weighted by Gasteiger charge is -2.35. The Kier molecular flexibility index (Phi) is 3.22. The molecule has 0 aliphatic carbocycles. The molecule has 2 heterocycles. The van der Waals surface area contributed by atoms with E-state index in [1.807, 2.05) is 17.0 Å². The maximum Gasteiger partial charge on any atom is 0.253 e. The summed E-state index contributed by atoms with van der Waals surface area (Å²) in [4.78, 5) is 25.7. The summed E-state index contributed by atoms with van der Waals surface area (Å²) in [5.41, 5.74) is 8.37. The predicted molar refractivity (Wildman–Crippen MR) is 76.4 cm³/mol. The quantitative estimate of drug-likeness (QED) is 0.801. The number of fused-ring (bicyclic) bond motifs is 1. The Bertz CT molecular complexity index is 570. The van der Waals surface area contributed by atoms with Crippen LogP contribution in [0.1, 0.15) is 29.3 Å². The molecule has 106 valence electrons. The maximum absolute atomic E-state index is 12.5. The highest BCUT2D eigenvalue weighted by molar-refractivity contribution is 6.01. The highest BCUT2D eigenvalue weighted by Gasteiger charge is 2.27. The van der Waals surface area contributed by atoms with E-state index in [4.69, 9.17) is 5.73 Å². The smallest absolute Gasteiger partial charge is 0.253 e. The van der Waals surface area contributed by atoms with E-state index in [-0.39, 0.29) is 17.9 Å². The topological polar surface area (TPSA) is 75.4 Å². The van der Waals surface area contributed by atoms with Gasteiger partial charge in [-0.15, -0.1) is 0 Å². The van der Waals surface area contributed by atoms with Crippen LogP contribution in [0, 0.1) is 5.92 Å². The summed E-state index contributed by atoms with van der Waals surface area (Å²) in [6.45, 7) is 3.49. The van der Waals surface area contributed by atoms with Gasteiger partial charge in [-0.25, -0.2) is 0 Å². The van der Waals surface area contributed by atoms with E-state index in [0.717, 1.165) is 17.7 Å². The minimum absolute atomic E-state index is 0.0119. The third-order valence-electron chi connectivity index (χ3n) is 4.24. The van der Waals surface area contributed by atoms with Gasteiger partial charge < -0.3 is 16.0 Å². The van der Waals surface area contributed by atoms with Crippen LogP contribution in [0.15, 0.2) is 18.2 Å². The minimum Gasteiger partial charge on any atom is -0.338 e. The number of rotatable bonds is 1. The standard InChI is InChI=1S/C15H19N3O2/c1-9-8-18(5-4-12(9)16)15(20)10-2-3-13-11(6-10)7-14(19)17-13/h2-3,6,9,12H,4-5,7-8,16H2,1H3,(H,17,19). The van der Waals surface area contributed by atoms with Crippen molar-refractivity contribution in [1.82, 2.24) is 4.90 Å². The molecule has 1 aromatic rings. The van der Waals surface area contributed by atoms with Crippen LogP contribution in [-0.4, -0.2) is 35.8 Å². The number of anilines is 1. The van der Waals surface area contributed by atoms with Crippen molar-refractivity contribution in [1.29, 1.82) is 0 Å². The van der Waals surface area contributed by atoms with Gasteiger partial charge in [-0.1, -0.05) is 6.92 Å². The second-order valence-corrected chi connectivity index (χ2v) is 5.78. The Morgan fingerprint density at radius 1 is 1.45 bits per heavy atom. The lowest BCUT2D eigenvalue weighted by molar-refractivity contribution is -0.115. The zero-order valence-corrected chi connectivity index (χ0v) is 11.6. The van der Waals surface area contributed by atoms with E-state index in [2.05, 4.69) is 12.2 Å². The fourth-order valence-corrected chi connectivity index (χ4v) is 2.89. The van der Waals surface area contributed by atoms with E-state index >= 15 is 0 Å². The van der Waals surface area contributed by atoms with Crippen molar-refractivity contribution >= 4 is 17.5 Å². The van der Waals surface area contributed by atoms with Crippen LogP contribution in [0.2, 0.25) is 0 Å². The zero-order chi connectivity index (χ0) is 14.3. The Morgan fingerprint density at radius 3 is 3.00 bits per heavy atom. The third-order valence-corrected chi connectivity index (χ3v) is 4.24. The molecule has 5 nitrogen and oxygen atoms in total. The first-order valence-corrected chi connectivity index (χ1v) is 7.02. The van der Waals surface area contributed by atoms with Gasteiger partial charge in [-0.2, -0.15) is 0 Å². The van der Waals surface area contributed by atoms with E-state index < -0.39 is 0 Å². The number of nitrogens with zero attached hydrogens (tertiary/aromatic N) is 1. The molecule has 0 spiro atoms. The van der Waals surface area contributed by atoms with Crippen LogP contribution < -0.4 is 11.1 Å². The van der Waals surface area contributed by atoms with Gasteiger partial charge >= 0.3 is 0 Å². The van der Waals surface area contributed by atoms with Crippen LogP contribution in [0.3, 0.4) is 0 Å². The molecule has 0 bridgehead atoms. The Hall–Kier alpha value is -1.88. The molecule has 2 unspecified atom stereocenters. The molecule has 3 N–H and O–H groups in total. The zero-order valence-electron chi connectivity index (χ0n) is 11.6. The van der Waals surface area contributed by atoms with Gasteiger partial charge in [0, 0.05) is 30.4 Å². The van der Waals surface area contributed by atoms with E-state index in [0.29, 0.717) is 31.0 Å². The molecule has 2 amide bonds. The van der Waals surface area contributed by atoms with Crippen LogP contribution in [0.5, 0.6) is 0 Å². The van der Waals surface area contributed by atoms with E-state index in [1.54, 1.807) is 6.07 Å². The molecule has 0 radical (unpaired) electrons. The average molecular weight is 273 g/mol. The fourth-order valence-electron chi connectivity index (χ4n) is 2.89. The van der Waals surface area contributed by atoms with E-state index in [1.165, 1.54) is 0 Å². The molecule has 5 heteroatoms. The second-order valence-electron chi connectivity index (χ2n) is 5.78. The lowest BCUT2D eigenvalue weighted by atomic mass is 9.94. The summed E-state index contributed by atoms with van der Waals surface area (Å²) in [7, 11) is 0. The predicted octanol–water partition coefficient (Wildman–Crippen LogP) is 0.990. The van der Waals surface area contributed by atoms with Crippen molar-refractivity contribution in [2.24, 2.45) is 11.7 Å². The van der Waals surface area contributed by atoms with Gasteiger partial charge in [0.15, 0.2) is 0 Å². The first-order chi connectivity index (χ1) is 9.54. The molecule has 0 saturated carbocycles. The fraction of sp³-hybridized carbons (Fsp3) is 0.467. The normalized spacial score (nSPS) is 25.3. The monoisotopic (exact) mass is 273 g/mol. The van der Waals surface area contributed by atoms with Crippen LogP contribution in [-0.2, 0) is 11.2 Å². The molecule has 2 aliphatic heterocycles. The number of hydrogen-bond donors (Lipinski definition) is 2. The Balaban J connectivity index is 1.78. The number of carbonyl (C=O) groups is 2. The Labute approximate surface area is 118 Å². The number of likely N-dealkylation sites (tertiary alicyclic amines) is 1. The lowest BCUT2D eigenvalue weighted by Crippen LogP contribution is -2.48. The first kappa shape index (κ1) is 13.1. The summed E-state index contributed by atoms with van der Waals surface area (Å²) >= 11 is 0. The average Bonchev–Trinajstić information content (AvgIpc) is 2.80. The number of amides is 2. The van der Waals surface area contributed by atoms with Crippen LogP contribution in [0.25, 0.3) is 0 Å². The molecular weight excluding hydrogens is 254 g/mol. The summed E-state index contributed by atoms with van der Waals surface area (Å²) < 4.78 is 0. The summed E-state index contributed by atoms with van der Waals surface area (Å²) in [6.07, 6.45) is 1.20. The van der Waals surface area contributed by atoms with Crippen molar-refractivity contribution in [3.8, 4) is 0 Å². The molecule has 20 heavy (non-hydrogen) atoms. The molecule has 0 aromatic heterocycles. The highest BCUT2D eigenvalue weighted by Crippen LogP contribution is 2.25. The largest absolute Gasteiger partial charge is 0.338 e. The molecule has 3 rings (SSSR count). The van der Waals surface area contributed by atoms with Crippen molar-refractivity contribution in [3.63, 3.8) is 0 Å². The number of hydrogen-bond acceptors (Lipinski definition) is 3. The maximum atomic E-state index is 12.5. The summed E-state index contributed by atoms with van der Waals surface area (Å²) in [6, 6.07) is 5.61. The first-order valence-electron chi connectivity index (χ1n) is 7.02. The van der Waals surface area contributed by atoms with Crippen molar-refractivity contribution in [2.45, 2.75) is 25.8 Å². The number of piperidine rings is 1. The van der Waals surface area contributed by atoms with Gasteiger partial charge in [0.2, 0.25) is 5.91 Å². The van der Waals surface area contributed by atoms with Gasteiger partial charge in [0.1, 0.15) is 0 Å². The number of carbonyl (C=O) groups excluding carboxylic acids is 2. The Morgan fingerprint density at radius 2 is 2.25 bits per heavy atom. The van der Waals surface area contributed by atoms with Crippen LogP contribution in [0.4, 0.5) is 5.69 Å². The minimum atomic E-state index is -0.0119. The number of nitrogens with one attached hydrogen (secondary N) is 1. The third kappa shape index (κ3) is 2.29. The molecule has 1 saturated heterocycles. The molecule has 1 fully saturated rings. The number of benzene rings is 1. The van der Waals surface area contributed by atoms with Crippen LogP contribution >= 0.6 is 0 Å². The SMILES string of the molecule is CC1CN(C(=O)c2ccc3c(c2)CC(=O)N3)CCC1N. The van der Waals surface area contributed by atoms with Gasteiger partial charge in [-0.05, 0) is 36.1 Å². The van der Waals surface area contributed by atoms with Crippen molar-refractivity contribution in [3.05, 3.63) is 29.3 Å². The van der Waals surface area contributed by atoms with Gasteiger partial charge in [0.25, 0.3) is 5.91 Å². The van der Waals surface area contributed by atoms with E-state index in [9.17, 15) is 9.59 Å². The number of nitrogens with two attached hydrogens (primary N) is 1. The molecule has 1 aromatic carbocycles. The van der Waals surface area contributed by atoms with Crippen molar-refractivity contribution in [2.75, 3.05) is 18.4 Å². The molecule has 2 aliphatic rings. The van der Waals surface area contributed by atoms with Gasteiger partial charge in [0.05, 0.1) is 6.42 Å². The van der Waals surface area contributed by atoms with Gasteiger partial charge in [-0.3, -0.25) is 9.59 Å². The highest BCUT2D eigenvalue weighted by atomic mass is 16.2. The molecular formula is C15H19N3O2.